The molecule has 0 aliphatic rings. The molecule has 0 bridgehead atoms. The molecule has 0 amide bonds. The number of nitrogens with zero attached hydrogens (tertiary/aromatic N) is 1. The van der Waals surface area contributed by atoms with E-state index in [9.17, 15) is 0 Å². The molecule has 0 radical (unpaired) electrons. The number of pyridine rings is 1. The molecule has 1 atom stereocenters. The van der Waals surface area contributed by atoms with Crippen LogP contribution < -0.4 is 0 Å². The molecule has 1 unspecified atom stereocenters. The van der Waals surface area contributed by atoms with Gasteiger partial charge in [-0.1, -0.05) is 25.1 Å². The highest BCUT2D eigenvalue weighted by atomic mass is 32.2. The zero-order valence-electron chi connectivity index (χ0n) is 9.71. The highest BCUT2D eigenvalue weighted by Gasteiger charge is 2.06. The number of rotatable bonds is 4. The van der Waals surface area contributed by atoms with E-state index in [0.717, 1.165) is 12.1 Å². The van der Waals surface area contributed by atoms with E-state index < -0.39 is 0 Å². The molecule has 0 fully saturated rings. The molecule has 0 saturated carbocycles. The molecule has 0 saturated heterocycles. The van der Waals surface area contributed by atoms with E-state index >= 15 is 0 Å². The van der Waals surface area contributed by atoms with Crippen molar-refractivity contribution in [2.75, 3.05) is 0 Å². The summed E-state index contributed by atoms with van der Waals surface area (Å²) >= 11 is 1.84. The average molecular weight is 245 g/mol. The second-order valence-corrected chi connectivity index (χ2v) is 5.47. The van der Waals surface area contributed by atoms with Crippen LogP contribution in [0.15, 0.2) is 53.6 Å². The quantitative estimate of drug-likeness (QED) is 0.837. The van der Waals surface area contributed by atoms with Gasteiger partial charge in [-0.05, 0) is 24.3 Å². The van der Waals surface area contributed by atoms with Gasteiger partial charge in [0.15, 0.2) is 0 Å². The van der Waals surface area contributed by atoms with Crippen LogP contribution in [0.25, 0.3) is 0 Å². The standard InChI is InChI=1S/C14H15NOS/c1-11(17-14-5-3-2-4-6-14)9-12-7-8-13(16)10-15-12/h2-8,10-11,16H,9H2,1H3. The minimum absolute atomic E-state index is 0.220. The summed E-state index contributed by atoms with van der Waals surface area (Å²) in [5, 5.41) is 9.63. The smallest absolute Gasteiger partial charge is 0.133 e. The Morgan fingerprint density at radius 3 is 2.59 bits per heavy atom. The number of aromatic nitrogens is 1. The predicted molar refractivity (Wildman–Crippen MR) is 71.4 cm³/mol. The van der Waals surface area contributed by atoms with Crippen molar-refractivity contribution in [3.05, 3.63) is 54.4 Å². The Hall–Kier alpha value is -1.48. The van der Waals surface area contributed by atoms with Crippen LogP contribution in [0.3, 0.4) is 0 Å². The monoisotopic (exact) mass is 245 g/mol. The average Bonchev–Trinajstić information content (AvgIpc) is 2.33. The lowest BCUT2D eigenvalue weighted by molar-refractivity contribution is 0.472. The highest BCUT2D eigenvalue weighted by molar-refractivity contribution is 7.99. The van der Waals surface area contributed by atoms with Crippen molar-refractivity contribution >= 4 is 11.8 Å². The summed E-state index contributed by atoms with van der Waals surface area (Å²) in [6.45, 7) is 2.19. The van der Waals surface area contributed by atoms with Crippen molar-refractivity contribution in [2.45, 2.75) is 23.5 Å². The molecule has 1 N–H and O–H groups in total. The van der Waals surface area contributed by atoms with Gasteiger partial charge in [-0.25, -0.2) is 0 Å². The van der Waals surface area contributed by atoms with Gasteiger partial charge in [0.25, 0.3) is 0 Å². The van der Waals surface area contributed by atoms with Gasteiger partial charge in [0.2, 0.25) is 0 Å². The summed E-state index contributed by atoms with van der Waals surface area (Å²) in [7, 11) is 0. The fraction of sp³-hybridized carbons (Fsp3) is 0.214. The zero-order valence-corrected chi connectivity index (χ0v) is 10.5. The Balaban J connectivity index is 1.93. The van der Waals surface area contributed by atoms with Gasteiger partial charge in [0, 0.05) is 22.3 Å². The Labute approximate surface area is 106 Å². The second-order valence-electron chi connectivity index (χ2n) is 3.95. The summed E-state index contributed by atoms with van der Waals surface area (Å²) in [4.78, 5) is 5.47. The molecule has 0 aliphatic heterocycles. The minimum Gasteiger partial charge on any atom is -0.506 e. The van der Waals surface area contributed by atoms with Crippen LogP contribution in [0.4, 0.5) is 0 Å². The first-order valence-corrected chi connectivity index (χ1v) is 6.47. The van der Waals surface area contributed by atoms with Crippen LogP contribution in [-0.2, 0) is 6.42 Å². The predicted octanol–water partition coefficient (Wildman–Crippen LogP) is 3.51. The van der Waals surface area contributed by atoms with Crippen LogP contribution >= 0.6 is 11.8 Å². The third-order valence-corrected chi connectivity index (χ3v) is 3.50. The Kier molecular flexibility index (Phi) is 4.04. The minimum atomic E-state index is 0.220. The third-order valence-electron chi connectivity index (χ3n) is 2.39. The van der Waals surface area contributed by atoms with E-state index in [0.29, 0.717) is 5.25 Å². The van der Waals surface area contributed by atoms with Gasteiger partial charge in [-0.2, -0.15) is 0 Å². The summed E-state index contributed by atoms with van der Waals surface area (Å²) in [5.41, 5.74) is 1.01. The van der Waals surface area contributed by atoms with Gasteiger partial charge in [0.05, 0.1) is 6.20 Å². The summed E-state index contributed by atoms with van der Waals surface area (Å²) in [6, 6.07) is 13.9. The van der Waals surface area contributed by atoms with Crippen molar-refractivity contribution in [3.63, 3.8) is 0 Å². The first-order valence-electron chi connectivity index (χ1n) is 5.59. The van der Waals surface area contributed by atoms with E-state index in [-0.39, 0.29) is 5.75 Å². The fourth-order valence-electron chi connectivity index (χ4n) is 1.60. The largest absolute Gasteiger partial charge is 0.506 e. The molecule has 0 spiro atoms. The first kappa shape index (κ1) is 12.0. The molecule has 1 aromatic carbocycles. The molecular weight excluding hydrogens is 230 g/mol. The maximum atomic E-state index is 9.16. The lowest BCUT2D eigenvalue weighted by atomic mass is 10.2. The number of hydrogen-bond acceptors (Lipinski definition) is 3. The molecule has 2 rings (SSSR count). The lowest BCUT2D eigenvalue weighted by Crippen LogP contribution is -2.02. The topological polar surface area (TPSA) is 33.1 Å². The molecule has 2 nitrogen and oxygen atoms in total. The van der Waals surface area contributed by atoms with E-state index in [2.05, 4.69) is 24.0 Å². The molecule has 2 aromatic rings. The van der Waals surface area contributed by atoms with Crippen molar-refractivity contribution in [1.29, 1.82) is 0 Å². The highest BCUT2D eigenvalue weighted by Crippen LogP contribution is 2.24. The first-order chi connectivity index (χ1) is 8.24. The fourth-order valence-corrected chi connectivity index (χ4v) is 2.64. The number of thioether (sulfide) groups is 1. The Bertz CT molecular complexity index is 455. The van der Waals surface area contributed by atoms with Crippen LogP contribution in [0, 0.1) is 0 Å². The maximum Gasteiger partial charge on any atom is 0.133 e. The molecular formula is C14H15NOS. The van der Waals surface area contributed by atoms with E-state index in [1.54, 1.807) is 6.07 Å². The van der Waals surface area contributed by atoms with Gasteiger partial charge in [0.1, 0.15) is 5.75 Å². The van der Waals surface area contributed by atoms with Crippen LogP contribution in [0.5, 0.6) is 5.75 Å². The lowest BCUT2D eigenvalue weighted by Gasteiger charge is -2.10. The molecule has 1 heterocycles. The van der Waals surface area contributed by atoms with Crippen molar-refractivity contribution in [3.8, 4) is 5.75 Å². The van der Waals surface area contributed by atoms with Gasteiger partial charge in [-0.3, -0.25) is 4.98 Å². The van der Waals surface area contributed by atoms with Crippen LogP contribution in [0.1, 0.15) is 12.6 Å². The molecule has 17 heavy (non-hydrogen) atoms. The number of hydrogen-bond donors (Lipinski definition) is 1. The Morgan fingerprint density at radius 1 is 1.18 bits per heavy atom. The summed E-state index contributed by atoms with van der Waals surface area (Å²) in [6.07, 6.45) is 2.40. The van der Waals surface area contributed by atoms with E-state index in [1.165, 1.54) is 11.1 Å². The van der Waals surface area contributed by atoms with Gasteiger partial charge in [-0.15, -0.1) is 11.8 Å². The normalized spacial score (nSPS) is 12.3. The number of aromatic hydroxyl groups is 1. The molecule has 0 aliphatic carbocycles. The van der Waals surface area contributed by atoms with Gasteiger partial charge < -0.3 is 5.11 Å². The third kappa shape index (κ3) is 3.79. The summed E-state index contributed by atoms with van der Waals surface area (Å²) < 4.78 is 0. The van der Waals surface area contributed by atoms with Crippen LogP contribution in [0.2, 0.25) is 0 Å². The van der Waals surface area contributed by atoms with Crippen molar-refractivity contribution in [1.82, 2.24) is 4.98 Å². The summed E-state index contributed by atoms with van der Waals surface area (Å²) in [5.74, 6) is 0.220. The second kappa shape index (κ2) is 5.73. The van der Waals surface area contributed by atoms with E-state index in [4.69, 9.17) is 5.11 Å². The molecule has 3 heteroatoms. The van der Waals surface area contributed by atoms with Gasteiger partial charge >= 0.3 is 0 Å². The van der Waals surface area contributed by atoms with Crippen molar-refractivity contribution in [2.24, 2.45) is 0 Å². The zero-order chi connectivity index (χ0) is 12.1. The number of benzene rings is 1. The van der Waals surface area contributed by atoms with Crippen LogP contribution in [-0.4, -0.2) is 15.3 Å². The van der Waals surface area contributed by atoms with Crippen molar-refractivity contribution < 1.29 is 5.11 Å². The maximum absolute atomic E-state index is 9.16. The van der Waals surface area contributed by atoms with E-state index in [1.807, 2.05) is 36.0 Å². The SMILES string of the molecule is CC(Cc1ccc(O)cn1)Sc1ccccc1. The Morgan fingerprint density at radius 2 is 1.94 bits per heavy atom. The molecule has 88 valence electrons. The molecule has 1 aromatic heterocycles.